The van der Waals surface area contributed by atoms with E-state index in [9.17, 15) is 9.59 Å². The molecule has 0 unspecified atom stereocenters. The van der Waals surface area contributed by atoms with E-state index in [-0.39, 0.29) is 29.9 Å². The Morgan fingerprint density at radius 2 is 2.12 bits per heavy atom. The fraction of sp³-hybridized carbons (Fsp3) is 0.474. The standard InChI is InChI=1S/C19H22N2O3/c1-4-11-13-9-15(23)21(3)18(11)16-12-7-5-6-8-14(12)20-17(16)19(13)24-10(2)22/h5-8,11,13,18-20H,4,9H2,1-3H3/t11-,13-,18+,19-/m0/s1. The van der Waals surface area contributed by atoms with Crippen LogP contribution in [-0.2, 0) is 14.3 Å². The summed E-state index contributed by atoms with van der Waals surface area (Å²) in [5, 5.41) is 1.12. The van der Waals surface area contributed by atoms with Crippen LogP contribution in [0.15, 0.2) is 24.3 Å². The van der Waals surface area contributed by atoms with Gasteiger partial charge in [-0.3, -0.25) is 9.59 Å². The van der Waals surface area contributed by atoms with Crippen LogP contribution in [0.4, 0.5) is 0 Å². The monoisotopic (exact) mass is 326 g/mol. The van der Waals surface area contributed by atoms with Gasteiger partial charge in [-0.05, 0) is 12.0 Å². The number of hydrogen-bond donors (Lipinski definition) is 1. The van der Waals surface area contributed by atoms with Crippen molar-refractivity contribution in [1.29, 1.82) is 0 Å². The van der Waals surface area contributed by atoms with Crippen molar-refractivity contribution >= 4 is 22.8 Å². The van der Waals surface area contributed by atoms with Gasteiger partial charge >= 0.3 is 5.97 Å². The number of nitrogens with zero attached hydrogens (tertiary/aromatic N) is 1. The number of fused-ring (bicyclic) bond motifs is 6. The van der Waals surface area contributed by atoms with Crippen molar-refractivity contribution in [3.63, 3.8) is 0 Å². The topological polar surface area (TPSA) is 62.4 Å². The van der Waals surface area contributed by atoms with Gasteiger partial charge in [0.25, 0.3) is 0 Å². The number of amides is 1. The van der Waals surface area contributed by atoms with Gasteiger partial charge in [0.15, 0.2) is 0 Å². The Hall–Kier alpha value is -2.30. The molecule has 24 heavy (non-hydrogen) atoms. The molecule has 5 nitrogen and oxygen atoms in total. The minimum atomic E-state index is -0.372. The Kier molecular flexibility index (Phi) is 3.41. The van der Waals surface area contributed by atoms with Crippen LogP contribution in [0.1, 0.15) is 50.1 Å². The zero-order chi connectivity index (χ0) is 17.0. The highest BCUT2D eigenvalue weighted by atomic mass is 16.5. The van der Waals surface area contributed by atoms with Gasteiger partial charge in [0.1, 0.15) is 6.10 Å². The molecule has 4 atom stereocenters. The summed E-state index contributed by atoms with van der Waals surface area (Å²) >= 11 is 0. The third-order valence-corrected chi connectivity index (χ3v) is 5.69. The van der Waals surface area contributed by atoms with E-state index in [1.165, 1.54) is 6.92 Å². The van der Waals surface area contributed by atoms with Crippen molar-refractivity contribution in [3.8, 4) is 0 Å². The molecule has 4 rings (SSSR count). The second-order valence-corrected chi connectivity index (χ2v) is 6.92. The number of piperidine rings is 1. The fourth-order valence-corrected chi connectivity index (χ4v) is 4.71. The molecule has 1 N–H and O–H groups in total. The van der Waals surface area contributed by atoms with Crippen molar-refractivity contribution in [1.82, 2.24) is 9.88 Å². The summed E-state index contributed by atoms with van der Waals surface area (Å²) in [5.41, 5.74) is 3.11. The molecule has 1 saturated heterocycles. The summed E-state index contributed by atoms with van der Waals surface area (Å²) in [6, 6.07) is 8.15. The molecule has 2 bridgehead atoms. The van der Waals surface area contributed by atoms with Crippen LogP contribution >= 0.6 is 0 Å². The number of esters is 1. The number of rotatable bonds is 2. The Labute approximate surface area is 141 Å². The Bertz CT molecular complexity index is 825. The molecule has 2 heterocycles. The molecule has 2 aliphatic rings. The van der Waals surface area contributed by atoms with Gasteiger partial charge in [0, 0.05) is 42.8 Å². The van der Waals surface area contributed by atoms with Crippen molar-refractivity contribution in [2.45, 2.75) is 38.8 Å². The molecule has 0 spiro atoms. The average Bonchev–Trinajstić information content (AvgIpc) is 2.93. The second-order valence-electron chi connectivity index (χ2n) is 6.92. The molecule has 1 aromatic heterocycles. The quantitative estimate of drug-likeness (QED) is 0.861. The van der Waals surface area contributed by atoms with Crippen LogP contribution in [0.2, 0.25) is 0 Å². The number of carbonyl (C=O) groups is 2. The smallest absolute Gasteiger partial charge is 0.303 e. The van der Waals surface area contributed by atoms with Gasteiger partial charge in [-0.15, -0.1) is 0 Å². The van der Waals surface area contributed by atoms with Crippen molar-refractivity contribution < 1.29 is 14.3 Å². The summed E-state index contributed by atoms with van der Waals surface area (Å²) in [7, 11) is 1.89. The molecule has 1 aromatic carbocycles. The lowest BCUT2D eigenvalue weighted by Gasteiger charge is -2.49. The van der Waals surface area contributed by atoms with E-state index in [1.54, 1.807) is 0 Å². The van der Waals surface area contributed by atoms with E-state index in [0.29, 0.717) is 12.3 Å². The molecule has 5 heteroatoms. The van der Waals surface area contributed by atoms with Crippen LogP contribution in [0.3, 0.4) is 0 Å². The van der Waals surface area contributed by atoms with Crippen LogP contribution in [-0.4, -0.2) is 28.8 Å². The van der Waals surface area contributed by atoms with Crippen LogP contribution < -0.4 is 0 Å². The van der Waals surface area contributed by atoms with Gasteiger partial charge in [-0.2, -0.15) is 0 Å². The molecule has 0 saturated carbocycles. The first kappa shape index (κ1) is 15.2. The number of hydrogen-bond acceptors (Lipinski definition) is 3. The first-order valence-corrected chi connectivity index (χ1v) is 8.56. The zero-order valence-corrected chi connectivity index (χ0v) is 14.2. The zero-order valence-electron chi connectivity index (χ0n) is 14.2. The number of likely N-dealkylation sites (tertiary alicyclic amines) is 1. The van der Waals surface area contributed by atoms with E-state index in [4.69, 9.17) is 4.74 Å². The minimum Gasteiger partial charge on any atom is -0.456 e. The SMILES string of the molecule is CC[C@H]1[C@@H]2CC(=O)N(C)[C@H]1c1c([nH]c3ccccc13)[C@H]2OC(C)=O. The van der Waals surface area contributed by atoms with Gasteiger partial charge in [-0.1, -0.05) is 31.5 Å². The number of H-pyrrole nitrogens is 1. The predicted molar refractivity (Wildman–Crippen MR) is 90.2 cm³/mol. The van der Waals surface area contributed by atoms with Crippen molar-refractivity contribution in [2.24, 2.45) is 11.8 Å². The van der Waals surface area contributed by atoms with E-state index in [1.807, 2.05) is 30.1 Å². The summed E-state index contributed by atoms with van der Waals surface area (Å²) in [6.07, 6.45) is 1.01. The van der Waals surface area contributed by atoms with Crippen LogP contribution in [0.25, 0.3) is 10.9 Å². The molecule has 1 aliphatic heterocycles. The summed E-state index contributed by atoms with van der Waals surface area (Å²) in [5.74, 6) is 0.156. The average molecular weight is 326 g/mol. The molecule has 2 aromatic rings. The lowest BCUT2D eigenvalue weighted by molar-refractivity contribution is -0.162. The summed E-state index contributed by atoms with van der Waals surface area (Å²) in [6.45, 7) is 3.59. The molecule has 0 radical (unpaired) electrons. The van der Waals surface area contributed by atoms with Crippen LogP contribution in [0.5, 0.6) is 0 Å². The highest BCUT2D eigenvalue weighted by Crippen LogP contribution is 2.55. The number of para-hydroxylation sites is 1. The number of benzene rings is 1. The lowest BCUT2D eigenvalue weighted by Crippen LogP contribution is -2.50. The number of ether oxygens (including phenoxy) is 1. The number of carbonyl (C=O) groups excluding carboxylic acids is 2. The number of aromatic amines is 1. The highest BCUT2D eigenvalue weighted by Gasteiger charge is 2.51. The fourth-order valence-electron chi connectivity index (χ4n) is 4.71. The molecule has 1 aliphatic carbocycles. The van der Waals surface area contributed by atoms with Gasteiger partial charge in [0.05, 0.1) is 11.7 Å². The van der Waals surface area contributed by atoms with E-state index < -0.39 is 0 Å². The Balaban J connectivity index is 1.99. The maximum atomic E-state index is 12.5. The van der Waals surface area contributed by atoms with Crippen molar-refractivity contribution in [3.05, 3.63) is 35.5 Å². The largest absolute Gasteiger partial charge is 0.456 e. The van der Waals surface area contributed by atoms with Gasteiger partial charge in [-0.25, -0.2) is 0 Å². The highest BCUT2D eigenvalue weighted by molar-refractivity contribution is 5.88. The van der Waals surface area contributed by atoms with Crippen LogP contribution in [0, 0.1) is 11.8 Å². The number of aromatic nitrogens is 1. The van der Waals surface area contributed by atoms with E-state index in [0.717, 1.165) is 28.6 Å². The normalized spacial score (nSPS) is 28.8. The Morgan fingerprint density at radius 1 is 1.38 bits per heavy atom. The predicted octanol–water partition coefficient (Wildman–Crippen LogP) is 3.33. The van der Waals surface area contributed by atoms with Gasteiger partial charge < -0.3 is 14.6 Å². The molecule has 1 fully saturated rings. The summed E-state index contributed by atoms with van der Waals surface area (Å²) < 4.78 is 5.71. The first-order valence-electron chi connectivity index (χ1n) is 8.56. The third-order valence-electron chi connectivity index (χ3n) is 5.69. The van der Waals surface area contributed by atoms with E-state index >= 15 is 0 Å². The van der Waals surface area contributed by atoms with Crippen molar-refractivity contribution in [2.75, 3.05) is 7.05 Å². The lowest BCUT2D eigenvalue weighted by atomic mass is 9.67. The maximum Gasteiger partial charge on any atom is 0.303 e. The first-order chi connectivity index (χ1) is 11.5. The minimum absolute atomic E-state index is 0.0353. The third kappa shape index (κ3) is 2.00. The maximum absolute atomic E-state index is 12.5. The Morgan fingerprint density at radius 3 is 2.83 bits per heavy atom. The molecule has 126 valence electrons. The summed E-state index contributed by atoms with van der Waals surface area (Å²) in [4.78, 5) is 29.6. The van der Waals surface area contributed by atoms with Gasteiger partial charge in [0.2, 0.25) is 5.91 Å². The number of nitrogens with one attached hydrogen (secondary N) is 1. The molecule has 1 amide bonds. The second kappa shape index (κ2) is 5.36. The molecular weight excluding hydrogens is 304 g/mol. The molecular formula is C19H22N2O3. The van der Waals surface area contributed by atoms with E-state index in [2.05, 4.69) is 18.0 Å².